The Labute approximate surface area is 121 Å². The maximum atomic E-state index is 11.3. The number of hydrogen-bond acceptors (Lipinski definition) is 3. The molecule has 0 aromatic heterocycles. The molecule has 0 fully saturated rings. The molecule has 0 aliphatic carbocycles. The summed E-state index contributed by atoms with van der Waals surface area (Å²) >= 11 is 0. The highest BCUT2D eigenvalue weighted by molar-refractivity contribution is 5.73. The van der Waals surface area contributed by atoms with Crippen LogP contribution in [-0.2, 0) is 4.79 Å². The van der Waals surface area contributed by atoms with Crippen LogP contribution in [0.15, 0.2) is 24.3 Å². The van der Waals surface area contributed by atoms with Gasteiger partial charge < -0.3 is 10.0 Å². The number of hydrogen-bond donors (Lipinski definition) is 2. The van der Waals surface area contributed by atoms with Crippen molar-refractivity contribution in [2.45, 2.75) is 39.3 Å². The molecule has 1 aromatic rings. The number of anilines is 1. The number of rotatable bonds is 7. The van der Waals surface area contributed by atoms with E-state index in [4.69, 9.17) is 0 Å². The third-order valence-electron chi connectivity index (χ3n) is 3.37. The van der Waals surface area contributed by atoms with Gasteiger partial charge in [-0.3, -0.25) is 10.1 Å². The lowest BCUT2D eigenvalue weighted by atomic mass is 10.0. The minimum atomic E-state index is -0.782. The maximum absolute atomic E-state index is 11.3. The molecule has 0 aliphatic heterocycles. The SMILES string of the molecule is CC(C)CC(NC(C)c1ccc(N(C)C)cc1)C(=O)O. The Bertz CT molecular complexity index is 427. The van der Waals surface area contributed by atoms with Crippen molar-refractivity contribution in [1.29, 1.82) is 0 Å². The van der Waals surface area contributed by atoms with E-state index >= 15 is 0 Å². The lowest BCUT2D eigenvalue weighted by Crippen LogP contribution is -2.39. The van der Waals surface area contributed by atoms with Crippen molar-refractivity contribution in [1.82, 2.24) is 5.32 Å². The van der Waals surface area contributed by atoms with E-state index in [0.29, 0.717) is 12.3 Å². The molecule has 0 amide bonds. The molecule has 112 valence electrons. The van der Waals surface area contributed by atoms with Crippen molar-refractivity contribution in [3.8, 4) is 0 Å². The fourth-order valence-electron chi connectivity index (χ4n) is 2.17. The van der Waals surface area contributed by atoms with Crippen LogP contribution in [0, 0.1) is 5.92 Å². The second-order valence-electron chi connectivity index (χ2n) is 5.89. The highest BCUT2D eigenvalue weighted by Crippen LogP contribution is 2.19. The molecule has 0 aliphatic rings. The van der Waals surface area contributed by atoms with Crippen molar-refractivity contribution in [2.75, 3.05) is 19.0 Å². The minimum Gasteiger partial charge on any atom is -0.480 e. The van der Waals surface area contributed by atoms with Gasteiger partial charge in [0.05, 0.1) is 0 Å². The summed E-state index contributed by atoms with van der Waals surface area (Å²) in [7, 11) is 4.00. The van der Waals surface area contributed by atoms with Gasteiger partial charge in [-0.25, -0.2) is 0 Å². The van der Waals surface area contributed by atoms with Crippen molar-refractivity contribution in [2.24, 2.45) is 5.92 Å². The predicted molar refractivity (Wildman–Crippen MR) is 83.2 cm³/mol. The van der Waals surface area contributed by atoms with Crippen LogP contribution in [0.2, 0.25) is 0 Å². The van der Waals surface area contributed by atoms with E-state index in [0.717, 1.165) is 11.3 Å². The Morgan fingerprint density at radius 1 is 1.20 bits per heavy atom. The lowest BCUT2D eigenvalue weighted by Gasteiger charge is -2.22. The quantitative estimate of drug-likeness (QED) is 0.805. The summed E-state index contributed by atoms with van der Waals surface area (Å²) in [5, 5.41) is 12.5. The van der Waals surface area contributed by atoms with Crippen LogP contribution in [0.25, 0.3) is 0 Å². The summed E-state index contributed by atoms with van der Waals surface area (Å²) in [6.45, 7) is 6.07. The van der Waals surface area contributed by atoms with E-state index in [1.807, 2.05) is 64.0 Å². The standard InChI is InChI=1S/C16H26N2O2/c1-11(2)10-15(16(19)20)17-12(3)13-6-8-14(9-7-13)18(4)5/h6-9,11-12,15,17H,10H2,1-5H3,(H,19,20). The van der Waals surface area contributed by atoms with E-state index in [-0.39, 0.29) is 6.04 Å². The van der Waals surface area contributed by atoms with E-state index < -0.39 is 12.0 Å². The average Bonchev–Trinajstić information content (AvgIpc) is 2.37. The molecule has 1 aromatic carbocycles. The molecule has 0 saturated carbocycles. The van der Waals surface area contributed by atoms with Crippen LogP contribution >= 0.6 is 0 Å². The molecule has 4 heteroatoms. The number of carboxylic acid groups (broad SMARTS) is 1. The largest absolute Gasteiger partial charge is 0.480 e. The summed E-state index contributed by atoms with van der Waals surface area (Å²) in [4.78, 5) is 13.3. The third-order valence-corrected chi connectivity index (χ3v) is 3.37. The van der Waals surface area contributed by atoms with Gasteiger partial charge in [0.15, 0.2) is 0 Å². The first-order valence-electron chi connectivity index (χ1n) is 7.07. The third kappa shape index (κ3) is 4.85. The van der Waals surface area contributed by atoms with Gasteiger partial charge in [-0.05, 0) is 37.0 Å². The minimum absolute atomic E-state index is 0.0195. The van der Waals surface area contributed by atoms with Gasteiger partial charge in [0.1, 0.15) is 6.04 Å². The molecule has 0 bridgehead atoms. The fraction of sp³-hybridized carbons (Fsp3) is 0.562. The molecular weight excluding hydrogens is 252 g/mol. The van der Waals surface area contributed by atoms with Crippen molar-refractivity contribution < 1.29 is 9.90 Å². The molecule has 1 rings (SSSR count). The number of nitrogens with one attached hydrogen (secondary N) is 1. The summed E-state index contributed by atoms with van der Waals surface area (Å²) < 4.78 is 0. The zero-order valence-corrected chi connectivity index (χ0v) is 13.1. The zero-order valence-electron chi connectivity index (χ0n) is 13.1. The second kappa shape index (κ2) is 7.29. The van der Waals surface area contributed by atoms with Crippen molar-refractivity contribution >= 4 is 11.7 Å². The Balaban J connectivity index is 2.73. The normalized spacial score (nSPS) is 14.1. The number of nitrogens with zero attached hydrogens (tertiary/aromatic N) is 1. The highest BCUT2D eigenvalue weighted by atomic mass is 16.4. The summed E-state index contributed by atoms with van der Waals surface area (Å²) in [5.41, 5.74) is 2.24. The predicted octanol–water partition coefficient (Wildman–Crippen LogP) is 2.90. The lowest BCUT2D eigenvalue weighted by molar-refractivity contribution is -0.140. The van der Waals surface area contributed by atoms with E-state index in [1.165, 1.54) is 0 Å². The summed E-state index contributed by atoms with van der Waals surface area (Å²) in [6.07, 6.45) is 0.634. The van der Waals surface area contributed by atoms with Gasteiger partial charge in [-0.15, -0.1) is 0 Å². The Morgan fingerprint density at radius 2 is 1.75 bits per heavy atom. The first-order valence-corrected chi connectivity index (χ1v) is 7.07. The molecule has 0 saturated heterocycles. The fourth-order valence-corrected chi connectivity index (χ4v) is 2.17. The van der Waals surface area contributed by atoms with Crippen LogP contribution in [0.4, 0.5) is 5.69 Å². The number of benzene rings is 1. The number of aliphatic carboxylic acids is 1. The molecule has 0 spiro atoms. The number of carboxylic acids is 1. The highest BCUT2D eigenvalue weighted by Gasteiger charge is 2.21. The van der Waals surface area contributed by atoms with Crippen molar-refractivity contribution in [3.63, 3.8) is 0 Å². The van der Waals surface area contributed by atoms with E-state index in [1.54, 1.807) is 0 Å². The first kappa shape index (κ1) is 16.5. The van der Waals surface area contributed by atoms with Gasteiger partial charge in [-0.2, -0.15) is 0 Å². The number of carbonyl (C=O) groups is 1. The molecule has 2 atom stereocenters. The van der Waals surface area contributed by atoms with Gasteiger partial charge in [-0.1, -0.05) is 26.0 Å². The Morgan fingerprint density at radius 3 is 2.15 bits per heavy atom. The van der Waals surface area contributed by atoms with Crippen LogP contribution < -0.4 is 10.2 Å². The molecule has 0 radical (unpaired) electrons. The van der Waals surface area contributed by atoms with Crippen LogP contribution in [-0.4, -0.2) is 31.2 Å². The van der Waals surface area contributed by atoms with Gasteiger partial charge in [0.25, 0.3) is 0 Å². The molecule has 4 nitrogen and oxygen atoms in total. The van der Waals surface area contributed by atoms with Crippen LogP contribution in [0.5, 0.6) is 0 Å². The molecule has 2 N–H and O–H groups in total. The Hall–Kier alpha value is -1.55. The average molecular weight is 278 g/mol. The van der Waals surface area contributed by atoms with Crippen LogP contribution in [0.3, 0.4) is 0 Å². The molecular formula is C16H26N2O2. The van der Waals surface area contributed by atoms with E-state index in [9.17, 15) is 9.90 Å². The van der Waals surface area contributed by atoms with Crippen molar-refractivity contribution in [3.05, 3.63) is 29.8 Å². The topological polar surface area (TPSA) is 52.6 Å². The first-order chi connectivity index (χ1) is 9.31. The maximum Gasteiger partial charge on any atom is 0.320 e. The monoisotopic (exact) mass is 278 g/mol. The van der Waals surface area contributed by atoms with Gasteiger partial charge in [0, 0.05) is 25.8 Å². The van der Waals surface area contributed by atoms with Gasteiger partial charge >= 0.3 is 5.97 Å². The summed E-state index contributed by atoms with van der Waals surface area (Å²) in [6, 6.07) is 7.70. The molecule has 20 heavy (non-hydrogen) atoms. The zero-order chi connectivity index (χ0) is 15.3. The molecule has 2 unspecified atom stereocenters. The Kier molecular flexibility index (Phi) is 6.02. The van der Waals surface area contributed by atoms with Gasteiger partial charge in [0.2, 0.25) is 0 Å². The van der Waals surface area contributed by atoms with Crippen LogP contribution in [0.1, 0.15) is 38.8 Å². The summed E-state index contributed by atoms with van der Waals surface area (Å²) in [5.74, 6) is -0.428. The van der Waals surface area contributed by atoms with E-state index in [2.05, 4.69) is 5.32 Å². The molecule has 0 heterocycles. The second-order valence-corrected chi connectivity index (χ2v) is 5.89. The smallest absolute Gasteiger partial charge is 0.320 e.